The molecule has 1 aliphatic heterocycles. The zero-order valence-electron chi connectivity index (χ0n) is 20.4. The number of aromatic nitrogens is 4. The molecule has 0 radical (unpaired) electrons. The number of urea groups is 1. The number of amides is 2. The molecule has 0 bridgehead atoms. The summed E-state index contributed by atoms with van der Waals surface area (Å²) in [7, 11) is -2.70. The monoisotopic (exact) mass is 522 g/mol. The summed E-state index contributed by atoms with van der Waals surface area (Å²) in [4.78, 5) is 17.3. The highest BCUT2D eigenvalue weighted by molar-refractivity contribution is 7.90. The Labute approximate surface area is 213 Å². The maximum Gasteiger partial charge on any atom is 0.333 e. The number of nitrogens with one attached hydrogen (secondary N) is 2. The molecule has 11 nitrogen and oxygen atoms in total. The molecule has 2 amide bonds. The Hall–Kier alpha value is -3.90. The summed E-state index contributed by atoms with van der Waals surface area (Å²) in [6.07, 6.45) is 9.16. The van der Waals surface area contributed by atoms with Crippen molar-refractivity contribution in [3.63, 3.8) is 0 Å². The summed E-state index contributed by atoms with van der Waals surface area (Å²) in [6, 6.07) is 5.16. The maximum absolute atomic E-state index is 13.2. The van der Waals surface area contributed by atoms with Crippen LogP contribution in [0.3, 0.4) is 0 Å². The van der Waals surface area contributed by atoms with E-state index in [0.29, 0.717) is 12.2 Å². The third kappa shape index (κ3) is 4.11. The highest BCUT2D eigenvalue weighted by atomic mass is 32.2. The molecule has 1 aliphatic carbocycles. The number of fused-ring (bicyclic) bond motifs is 3. The number of imidazole rings is 1. The third-order valence-electron chi connectivity index (χ3n) is 6.91. The van der Waals surface area contributed by atoms with Crippen molar-refractivity contribution in [2.24, 2.45) is 0 Å². The molecule has 0 saturated carbocycles. The summed E-state index contributed by atoms with van der Waals surface area (Å²) < 4.78 is 42.6. The summed E-state index contributed by atoms with van der Waals surface area (Å²) >= 11 is 0. The van der Waals surface area contributed by atoms with Crippen LogP contribution in [0.1, 0.15) is 23.1 Å². The van der Waals surface area contributed by atoms with Crippen LogP contribution in [0.15, 0.2) is 47.9 Å². The van der Waals surface area contributed by atoms with E-state index < -0.39 is 16.1 Å². The minimum atomic E-state index is -4.25. The fraction of sp³-hybridized carbons (Fsp3) is 0.320. The van der Waals surface area contributed by atoms with Crippen LogP contribution in [0.2, 0.25) is 0 Å². The van der Waals surface area contributed by atoms with Crippen molar-refractivity contribution in [1.82, 2.24) is 23.9 Å². The van der Waals surface area contributed by atoms with Crippen LogP contribution in [0, 0.1) is 6.92 Å². The van der Waals surface area contributed by atoms with E-state index in [1.165, 1.54) is 10.9 Å². The topological polar surface area (TPSA) is 129 Å². The van der Waals surface area contributed by atoms with E-state index in [9.17, 15) is 13.2 Å². The van der Waals surface area contributed by atoms with E-state index in [1.54, 1.807) is 13.3 Å². The summed E-state index contributed by atoms with van der Waals surface area (Å²) in [5.41, 5.74) is 6.35. The van der Waals surface area contributed by atoms with Gasteiger partial charge < -0.3 is 19.2 Å². The first kappa shape index (κ1) is 23.5. The fourth-order valence-corrected chi connectivity index (χ4v) is 6.15. The van der Waals surface area contributed by atoms with Crippen molar-refractivity contribution < 1.29 is 22.7 Å². The van der Waals surface area contributed by atoms with Gasteiger partial charge in [0.15, 0.2) is 4.90 Å². The molecular formula is C25H26N6O5S. The van der Waals surface area contributed by atoms with E-state index in [1.807, 2.05) is 35.9 Å². The lowest BCUT2D eigenvalue weighted by Gasteiger charge is -2.23. The number of hydrogen-bond acceptors (Lipinski definition) is 7. The van der Waals surface area contributed by atoms with Crippen LogP contribution < -0.4 is 14.8 Å². The number of ether oxygens (including phenoxy) is 2. The Balaban J connectivity index is 1.33. The number of benzene rings is 1. The Bertz CT molecular complexity index is 1640. The van der Waals surface area contributed by atoms with Gasteiger partial charge in [-0.25, -0.2) is 27.6 Å². The molecule has 0 spiro atoms. The molecule has 4 heterocycles. The number of hydrogen-bond donors (Lipinski definition) is 2. The number of pyridine rings is 1. The van der Waals surface area contributed by atoms with Crippen molar-refractivity contribution in [2.45, 2.75) is 43.7 Å². The smallest absolute Gasteiger partial charge is 0.333 e. The minimum Gasteiger partial charge on any atom is -0.474 e. The number of anilines is 1. The van der Waals surface area contributed by atoms with Crippen molar-refractivity contribution in [3.05, 3.63) is 59.7 Å². The second kappa shape index (κ2) is 8.89. The maximum atomic E-state index is 13.2. The SMILES string of the molecule is CO[C@@H]1COc2c(S(=O)(=O)NC(=O)Nc3c4c(cc(C)c3-c3ccc5nccn5c3)CCC4)cnn2C1. The van der Waals surface area contributed by atoms with Gasteiger partial charge in [-0.05, 0) is 55.0 Å². The number of carbonyl (C=O) groups is 1. The van der Waals surface area contributed by atoms with Gasteiger partial charge >= 0.3 is 6.03 Å². The summed E-state index contributed by atoms with van der Waals surface area (Å²) in [6.45, 7) is 2.54. The van der Waals surface area contributed by atoms with Crippen molar-refractivity contribution >= 4 is 27.4 Å². The van der Waals surface area contributed by atoms with Gasteiger partial charge in [0.25, 0.3) is 10.0 Å². The number of sulfonamides is 1. The molecule has 1 atom stereocenters. The van der Waals surface area contributed by atoms with E-state index in [0.717, 1.165) is 52.7 Å². The van der Waals surface area contributed by atoms with Gasteiger partial charge in [0.1, 0.15) is 18.4 Å². The standard InChI is InChI=1S/C25H26N6O5S/c1-15-10-16-4-3-5-19(16)23(22(15)17-6-7-21-26-8-9-30(21)12-17)28-25(32)29-37(33,34)20-11-27-31-13-18(35-2)14-36-24(20)31/h6-12,18H,3-5,13-14H2,1-2H3,(H2,28,29,32)/t18-/m0/s1. The number of aryl methyl sites for hydroxylation is 2. The average molecular weight is 523 g/mol. The molecule has 1 aromatic carbocycles. The number of nitrogens with zero attached hydrogens (tertiary/aromatic N) is 4. The molecule has 0 fully saturated rings. The Morgan fingerprint density at radius 2 is 2.14 bits per heavy atom. The van der Waals surface area contributed by atoms with Crippen LogP contribution in [0.5, 0.6) is 5.88 Å². The van der Waals surface area contributed by atoms with Crippen molar-refractivity contribution in [3.8, 4) is 17.0 Å². The van der Waals surface area contributed by atoms with E-state index in [4.69, 9.17) is 9.47 Å². The minimum absolute atomic E-state index is 0.0828. The predicted molar refractivity (Wildman–Crippen MR) is 135 cm³/mol. The average Bonchev–Trinajstić information content (AvgIpc) is 3.62. The molecule has 0 unspecified atom stereocenters. The second-order valence-electron chi connectivity index (χ2n) is 9.27. The van der Waals surface area contributed by atoms with Gasteiger partial charge in [-0.1, -0.05) is 6.07 Å². The largest absolute Gasteiger partial charge is 0.474 e. The molecule has 12 heteroatoms. The van der Waals surface area contributed by atoms with Crippen LogP contribution in [-0.2, 0) is 34.1 Å². The van der Waals surface area contributed by atoms with Crippen molar-refractivity contribution in [1.29, 1.82) is 0 Å². The summed E-state index contributed by atoms with van der Waals surface area (Å²) in [5.74, 6) is 0.0828. The lowest BCUT2D eigenvalue weighted by molar-refractivity contribution is 0.0165. The molecule has 2 aliphatic rings. The normalized spacial score (nSPS) is 16.8. The highest BCUT2D eigenvalue weighted by Gasteiger charge is 2.31. The summed E-state index contributed by atoms with van der Waals surface area (Å²) in [5, 5.41) is 6.96. The van der Waals surface area contributed by atoms with Crippen LogP contribution >= 0.6 is 0 Å². The first-order valence-electron chi connectivity index (χ1n) is 12.0. The zero-order chi connectivity index (χ0) is 25.7. The van der Waals surface area contributed by atoms with Gasteiger partial charge in [-0.2, -0.15) is 5.10 Å². The molecule has 2 N–H and O–H groups in total. The first-order chi connectivity index (χ1) is 17.8. The van der Waals surface area contributed by atoms with E-state index in [2.05, 4.69) is 26.2 Å². The first-order valence-corrected chi connectivity index (χ1v) is 13.5. The Morgan fingerprint density at radius 1 is 1.27 bits per heavy atom. The van der Waals surface area contributed by atoms with Crippen LogP contribution in [0.4, 0.5) is 10.5 Å². The van der Waals surface area contributed by atoms with Crippen molar-refractivity contribution in [2.75, 3.05) is 19.0 Å². The van der Waals surface area contributed by atoms with Gasteiger partial charge in [-0.15, -0.1) is 0 Å². The quantitative estimate of drug-likeness (QED) is 0.412. The molecular weight excluding hydrogens is 496 g/mol. The van der Waals surface area contributed by atoms with E-state index >= 15 is 0 Å². The Morgan fingerprint density at radius 3 is 2.97 bits per heavy atom. The molecule has 4 aromatic rings. The molecule has 0 saturated heterocycles. The van der Waals surface area contributed by atoms with Gasteiger partial charge in [0.2, 0.25) is 5.88 Å². The molecule has 3 aromatic heterocycles. The zero-order valence-corrected chi connectivity index (χ0v) is 21.2. The molecule has 192 valence electrons. The fourth-order valence-electron chi connectivity index (χ4n) is 5.16. The van der Waals surface area contributed by atoms with Gasteiger partial charge in [0, 0.05) is 36.8 Å². The second-order valence-corrected chi connectivity index (χ2v) is 10.9. The number of rotatable bonds is 5. The third-order valence-corrected chi connectivity index (χ3v) is 8.22. The van der Waals surface area contributed by atoms with Gasteiger partial charge in [0.05, 0.1) is 18.4 Å². The van der Waals surface area contributed by atoms with Gasteiger partial charge in [-0.3, -0.25) is 0 Å². The van der Waals surface area contributed by atoms with Crippen LogP contribution in [-0.4, -0.2) is 53.4 Å². The van der Waals surface area contributed by atoms with Crippen LogP contribution in [0.25, 0.3) is 16.8 Å². The number of carbonyl (C=O) groups excluding carboxylic acids is 1. The molecule has 6 rings (SSSR count). The number of methoxy groups -OCH3 is 1. The van der Waals surface area contributed by atoms with E-state index in [-0.39, 0.29) is 23.5 Å². The molecule has 37 heavy (non-hydrogen) atoms. The predicted octanol–water partition coefficient (Wildman–Crippen LogP) is 2.91. The Kier molecular flexibility index (Phi) is 5.64. The highest BCUT2D eigenvalue weighted by Crippen LogP contribution is 2.40. The lowest BCUT2D eigenvalue weighted by atomic mass is 9.93. The lowest BCUT2D eigenvalue weighted by Crippen LogP contribution is -2.36.